The van der Waals surface area contributed by atoms with Crippen molar-refractivity contribution in [1.82, 2.24) is 19.9 Å². The minimum Gasteiger partial charge on any atom is -0.473 e. The maximum atomic E-state index is 5.91. The van der Waals surface area contributed by atoms with E-state index in [1.165, 1.54) is 0 Å². The van der Waals surface area contributed by atoms with Crippen LogP contribution >= 0.6 is 0 Å². The quantitative estimate of drug-likeness (QED) is 0.837. The maximum absolute atomic E-state index is 5.91. The number of nitrogens with one attached hydrogen (secondary N) is 2. The van der Waals surface area contributed by atoms with Gasteiger partial charge >= 0.3 is 0 Å². The predicted molar refractivity (Wildman–Crippen MR) is 75.4 cm³/mol. The van der Waals surface area contributed by atoms with E-state index in [1.54, 1.807) is 6.33 Å². The van der Waals surface area contributed by atoms with Crippen LogP contribution in [0.1, 0.15) is 34.1 Å². The van der Waals surface area contributed by atoms with Crippen molar-refractivity contribution in [2.45, 2.75) is 40.2 Å². The molecule has 19 heavy (non-hydrogen) atoms. The van der Waals surface area contributed by atoms with Gasteiger partial charge in [-0.25, -0.2) is 4.98 Å². The Kier molecular flexibility index (Phi) is 4.19. The Morgan fingerprint density at radius 3 is 2.79 bits per heavy atom. The molecule has 0 radical (unpaired) electrons. The molecule has 2 N–H and O–H groups in total. The second kappa shape index (κ2) is 5.86. The highest BCUT2D eigenvalue weighted by Gasteiger charge is 2.15. The molecule has 1 atom stereocenters. The fraction of sp³-hybridized carbons (Fsp3) is 0.615. The molecule has 0 saturated carbocycles. The molecule has 0 aromatic carbocycles. The molecule has 2 heterocycles. The van der Waals surface area contributed by atoms with Gasteiger partial charge < -0.3 is 15.0 Å². The van der Waals surface area contributed by atoms with Crippen LogP contribution in [-0.4, -0.2) is 32.6 Å². The zero-order valence-corrected chi connectivity index (χ0v) is 11.9. The first kappa shape index (κ1) is 13.6. The Morgan fingerprint density at radius 2 is 2.11 bits per heavy atom. The van der Waals surface area contributed by atoms with Crippen LogP contribution in [0.3, 0.4) is 0 Å². The van der Waals surface area contributed by atoms with Crippen molar-refractivity contribution in [3.05, 3.63) is 6.33 Å². The largest absolute Gasteiger partial charge is 0.473 e. The zero-order chi connectivity index (χ0) is 13.8. The Balaban J connectivity index is 2.31. The Hall–Kier alpha value is -1.85. The molecule has 0 aliphatic carbocycles. The Morgan fingerprint density at radius 1 is 1.32 bits per heavy atom. The molecule has 0 aliphatic heterocycles. The molecule has 2 aromatic heterocycles. The maximum Gasteiger partial charge on any atom is 0.245 e. The number of aromatic nitrogens is 4. The van der Waals surface area contributed by atoms with Gasteiger partial charge in [0.2, 0.25) is 11.8 Å². The standard InChI is InChI=1S/C13H21N5O/c1-5-6-14-13-17-11-10(15-7-16-11)12(18-13)19-9(4)8(2)3/h7-9H,5-6H2,1-4H3,(H2,14,15,16,17,18). The SMILES string of the molecule is CCCNc1nc(OC(C)C(C)C)c2[nH]cnc2n1. The summed E-state index contributed by atoms with van der Waals surface area (Å²) in [6, 6.07) is 0. The van der Waals surface area contributed by atoms with E-state index < -0.39 is 0 Å². The van der Waals surface area contributed by atoms with Gasteiger partial charge in [-0.3, -0.25) is 0 Å². The average Bonchev–Trinajstić information content (AvgIpc) is 2.84. The molecule has 104 valence electrons. The van der Waals surface area contributed by atoms with Crippen LogP contribution in [0.25, 0.3) is 11.2 Å². The van der Waals surface area contributed by atoms with E-state index in [0.29, 0.717) is 23.4 Å². The number of nitrogens with zero attached hydrogens (tertiary/aromatic N) is 3. The topological polar surface area (TPSA) is 75.7 Å². The highest BCUT2D eigenvalue weighted by atomic mass is 16.5. The van der Waals surface area contributed by atoms with Gasteiger partial charge in [0.15, 0.2) is 5.65 Å². The summed E-state index contributed by atoms with van der Waals surface area (Å²) in [5.41, 5.74) is 1.37. The molecule has 2 rings (SSSR count). The summed E-state index contributed by atoms with van der Waals surface area (Å²) in [6.45, 7) is 9.19. The van der Waals surface area contributed by atoms with E-state index in [0.717, 1.165) is 18.5 Å². The predicted octanol–water partition coefficient (Wildman–Crippen LogP) is 2.60. The highest BCUT2D eigenvalue weighted by molar-refractivity contribution is 5.76. The lowest BCUT2D eigenvalue weighted by Gasteiger charge is -2.17. The summed E-state index contributed by atoms with van der Waals surface area (Å²) in [7, 11) is 0. The number of rotatable bonds is 6. The molecule has 0 bridgehead atoms. The van der Waals surface area contributed by atoms with Gasteiger partial charge in [0.05, 0.1) is 6.33 Å². The normalized spacial score (nSPS) is 12.9. The Bertz CT molecular complexity index is 537. The molecule has 0 amide bonds. The number of fused-ring (bicyclic) bond motifs is 1. The lowest BCUT2D eigenvalue weighted by atomic mass is 10.1. The number of hydrogen-bond donors (Lipinski definition) is 2. The number of H-pyrrole nitrogens is 1. The monoisotopic (exact) mass is 263 g/mol. The van der Waals surface area contributed by atoms with Gasteiger partial charge in [0, 0.05) is 6.54 Å². The van der Waals surface area contributed by atoms with Crippen LogP contribution in [-0.2, 0) is 0 Å². The van der Waals surface area contributed by atoms with E-state index in [1.807, 2.05) is 6.92 Å². The summed E-state index contributed by atoms with van der Waals surface area (Å²) >= 11 is 0. The van der Waals surface area contributed by atoms with Gasteiger partial charge in [-0.05, 0) is 19.3 Å². The summed E-state index contributed by atoms with van der Waals surface area (Å²) in [5, 5.41) is 3.16. The van der Waals surface area contributed by atoms with Crippen molar-refractivity contribution < 1.29 is 4.74 Å². The number of aromatic amines is 1. The average molecular weight is 263 g/mol. The number of hydrogen-bond acceptors (Lipinski definition) is 5. The number of ether oxygens (including phenoxy) is 1. The molecular formula is C13H21N5O. The lowest BCUT2D eigenvalue weighted by Crippen LogP contribution is -2.20. The van der Waals surface area contributed by atoms with Gasteiger partial charge in [-0.2, -0.15) is 9.97 Å². The fourth-order valence-electron chi connectivity index (χ4n) is 1.52. The van der Waals surface area contributed by atoms with Gasteiger partial charge in [-0.15, -0.1) is 0 Å². The van der Waals surface area contributed by atoms with Crippen molar-refractivity contribution in [2.75, 3.05) is 11.9 Å². The van der Waals surface area contributed by atoms with Gasteiger partial charge in [0.1, 0.15) is 11.6 Å². The third-order valence-corrected chi connectivity index (χ3v) is 3.02. The Labute approximate surface area is 113 Å². The molecule has 0 fully saturated rings. The summed E-state index contributed by atoms with van der Waals surface area (Å²) in [6.07, 6.45) is 2.71. The van der Waals surface area contributed by atoms with E-state index in [2.05, 4.69) is 46.0 Å². The van der Waals surface area contributed by atoms with E-state index >= 15 is 0 Å². The second-order valence-corrected chi connectivity index (χ2v) is 4.95. The molecule has 1 unspecified atom stereocenters. The summed E-state index contributed by atoms with van der Waals surface area (Å²) < 4.78 is 5.91. The van der Waals surface area contributed by atoms with Crippen molar-refractivity contribution in [2.24, 2.45) is 5.92 Å². The van der Waals surface area contributed by atoms with Crippen LogP contribution in [0.4, 0.5) is 5.95 Å². The number of imidazole rings is 1. The molecule has 6 heteroatoms. The third-order valence-electron chi connectivity index (χ3n) is 3.02. The lowest BCUT2D eigenvalue weighted by molar-refractivity contribution is 0.165. The third kappa shape index (κ3) is 3.13. The van der Waals surface area contributed by atoms with Crippen LogP contribution in [0.5, 0.6) is 5.88 Å². The highest BCUT2D eigenvalue weighted by Crippen LogP contribution is 2.23. The minimum atomic E-state index is 0.0837. The van der Waals surface area contributed by atoms with Gasteiger partial charge in [-0.1, -0.05) is 20.8 Å². The van der Waals surface area contributed by atoms with Crippen LogP contribution in [0, 0.1) is 5.92 Å². The molecule has 6 nitrogen and oxygen atoms in total. The zero-order valence-electron chi connectivity index (χ0n) is 11.9. The van der Waals surface area contributed by atoms with Crippen molar-refractivity contribution >= 4 is 17.1 Å². The van der Waals surface area contributed by atoms with Crippen molar-refractivity contribution in [3.63, 3.8) is 0 Å². The van der Waals surface area contributed by atoms with E-state index in [9.17, 15) is 0 Å². The van der Waals surface area contributed by atoms with Crippen LogP contribution < -0.4 is 10.1 Å². The molecule has 0 saturated heterocycles. The van der Waals surface area contributed by atoms with Crippen LogP contribution in [0.15, 0.2) is 6.33 Å². The van der Waals surface area contributed by atoms with Crippen molar-refractivity contribution in [3.8, 4) is 5.88 Å². The number of anilines is 1. The molecule has 2 aromatic rings. The first-order valence-corrected chi connectivity index (χ1v) is 6.73. The molecule has 0 aliphatic rings. The van der Waals surface area contributed by atoms with E-state index in [4.69, 9.17) is 4.74 Å². The summed E-state index contributed by atoms with van der Waals surface area (Å²) in [5.74, 6) is 1.54. The van der Waals surface area contributed by atoms with Crippen molar-refractivity contribution in [1.29, 1.82) is 0 Å². The van der Waals surface area contributed by atoms with Gasteiger partial charge in [0.25, 0.3) is 0 Å². The minimum absolute atomic E-state index is 0.0837. The molecular weight excluding hydrogens is 242 g/mol. The molecule has 0 spiro atoms. The van der Waals surface area contributed by atoms with E-state index in [-0.39, 0.29) is 6.10 Å². The fourth-order valence-corrected chi connectivity index (χ4v) is 1.52. The summed E-state index contributed by atoms with van der Waals surface area (Å²) in [4.78, 5) is 16.0. The smallest absolute Gasteiger partial charge is 0.245 e. The first-order chi connectivity index (χ1) is 9.11. The van der Waals surface area contributed by atoms with Crippen LogP contribution in [0.2, 0.25) is 0 Å². The second-order valence-electron chi connectivity index (χ2n) is 4.95. The first-order valence-electron chi connectivity index (χ1n) is 6.73.